The van der Waals surface area contributed by atoms with E-state index in [4.69, 9.17) is 9.57 Å². The van der Waals surface area contributed by atoms with Crippen LogP contribution in [0, 0.1) is 6.92 Å². The van der Waals surface area contributed by atoms with Crippen molar-refractivity contribution in [1.82, 2.24) is 0 Å². The van der Waals surface area contributed by atoms with Gasteiger partial charge < -0.3 is 9.57 Å². The van der Waals surface area contributed by atoms with Crippen LogP contribution in [0.4, 0.5) is 0 Å². The van der Waals surface area contributed by atoms with Crippen molar-refractivity contribution in [2.24, 2.45) is 5.16 Å². The van der Waals surface area contributed by atoms with E-state index < -0.39 is 12.1 Å². The Bertz CT molecular complexity index is 733. The highest BCUT2D eigenvalue weighted by Gasteiger charge is 2.23. The number of carbonyl (C=O) groups excluding carboxylic acids is 1. The van der Waals surface area contributed by atoms with Crippen LogP contribution in [0.1, 0.15) is 29.7 Å². The first-order valence-electron chi connectivity index (χ1n) is 7.62. The number of carbonyl (C=O) groups is 1. The number of benzene rings is 2. The number of hydrogen-bond donors (Lipinski definition) is 0. The van der Waals surface area contributed by atoms with Gasteiger partial charge in [-0.1, -0.05) is 71.9 Å². The molecule has 1 atom stereocenters. The second kappa shape index (κ2) is 8.11. The maximum absolute atomic E-state index is 11.9. The van der Waals surface area contributed by atoms with Crippen LogP contribution >= 0.6 is 0 Å². The summed E-state index contributed by atoms with van der Waals surface area (Å²) in [5.74, 6) is -0.520. The van der Waals surface area contributed by atoms with E-state index in [-0.39, 0.29) is 5.57 Å². The Balaban J connectivity index is 2.27. The van der Waals surface area contributed by atoms with Gasteiger partial charge in [0.1, 0.15) is 0 Å². The Morgan fingerprint density at radius 2 is 1.71 bits per heavy atom. The number of aryl methyl sites for hydroxylation is 1. The van der Waals surface area contributed by atoms with E-state index in [9.17, 15) is 4.79 Å². The average Bonchev–Trinajstić information content (AvgIpc) is 2.62. The summed E-state index contributed by atoms with van der Waals surface area (Å²) < 4.78 is 4.76. The number of hydrogen-bond acceptors (Lipinski definition) is 4. The molecule has 2 aromatic carbocycles. The zero-order valence-electron chi connectivity index (χ0n) is 14.2. The van der Waals surface area contributed by atoms with Gasteiger partial charge in [0.25, 0.3) is 0 Å². The number of esters is 1. The topological polar surface area (TPSA) is 47.9 Å². The molecule has 2 aromatic rings. The molecule has 0 heterocycles. The molecule has 0 aliphatic heterocycles. The Morgan fingerprint density at radius 3 is 2.29 bits per heavy atom. The summed E-state index contributed by atoms with van der Waals surface area (Å²) in [6.45, 7) is 7.65. The van der Waals surface area contributed by atoms with Crippen LogP contribution in [-0.4, -0.2) is 18.8 Å². The zero-order chi connectivity index (χ0) is 17.5. The lowest BCUT2D eigenvalue weighted by atomic mass is 10.0. The molecule has 0 saturated heterocycles. The molecule has 0 fully saturated rings. The first kappa shape index (κ1) is 17.5. The molecular formula is C20H21NO3. The number of rotatable bonds is 6. The maximum atomic E-state index is 11.9. The van der Waals surface area contributed by atoms with Crippen molar-refractivity contribution in [3.8, 4) is 0 Å². The minimum absolute atomic E-state index is 0.200. The summed E-state index contributed by atoms with van der Waals surface area (Å²) in [6, 6.07) is 17.4. The van der Waals surface area contributed by atoms with Crippen molar-refractivity contribution < 1.29 is 14.4 Å². The smallest absolute Gasteiger partial charge is 0.337 e. The fourth-order valence-electron chi connectivity index (χ4n) is 2.17. The van der Waals surface area contributed by atoms with Gasteiger partial charge in [-0.25, -0.2) is 4.79 Å². The summed E-state index contributed by atoms with van der Waals surface area (Å²) in [7, 11) is 1.32. The third-order valence-corrected chi connectivity index (χ3v) is 3.63. The van der Waals surface area contributed by atoms with Gasteiger partial charge >= 0.3 is 5.97 Å². The van der Waals surface area contributed by atoms with Crippen LogP contribution < -0.4 is 0 Å². The number of ether oxygens (including phenoxy) is 1. The van der Waals surface area contributed by atoms with E-state index in [0.717, 1.165) is 16.7 Å². The van der Waals surface area contributed by atoms with Gasteiger partial charge in [-0.15, -0.1) is 0 Å². The highest BCUT2D eigenvalue weighted by atomic mass is 16.6. The van der Waals surface area contributed by atoms with Crippen molar-refractivity contribution >= 4 is 11.7 Å². The molecule has 124 valence electrons. The lowest BCUT2D eigenvalue weighted by molar-refractivity contribution is -0.137. The summed E-state index contributed by atoms with van der Waals surface area (Å²) in [4.78, 5) is 17.5. The average molecular weight is 323 g/mol. The maximum Gasteiger partial charge on any atom is 0.337 e. The monoisotopic (exact) mass is 323 g/mol. The van der Waals surface area contributed by atoms with Gasteiger partial charge in [-0.2, -0.15) is 0 Å². The predicted octanol–water partition coefficient (Wildman–Crippen LogP) is 4.21. The van der Waals surface area contributed by atoms with Crippen molar-refractivity contribution in [3.63, 3.8) is 0 Å². The first-order valence-corrected chi connectivity index (χ1v) is 7.62. The minimum atomic E-state index is -0.697. The van der Waals surface area contributed by atoms with Crippen LogP contribution in [0.2, 0.25) is 0 Å². The third kappa shape index (κ3) is 4.32. The highest BCUT2D eigenvalue weighted by Crippen LogP contribution is 2.26. The minimum Gasteiger partial charge on any atom is -0.466 e. The van der Waals surface area contributed by atoms with Gasteiger partial charge in [0.2, 0.25) is 0 Å². The van der Waals surface area contributed by atoms with Crippen molar-refractivity contribution in [2.45, 2.75) is 20.0 Å². The number of nitrogens with zero attached hydrogens (tertiary/aromatic N) is 1. The normalized spacial score (nSPS) is 12.4. The van der Waals surface area contributed by atoms with Gasteiger partial charge in [-0.3, -0.25) is 0 Å². The predicted molar refractivity (Wildman–Crippen MR) is 94.8 cm³/mol. The molecule has 0 amide bonds. The lowest BCUT2D eigenvalue weighted by Crippen LogP contribution is -2.14. The summed E-state index contributed by atoms with van der Waals surface area (Å²) in [5, 5.41) is 4.18. The van der Waals surface area contributed by atoms with Crippen molar-refractivity contribution in [1.29, 1.82) is 0 Å². The second-order valence-electron chi connectivity index (χ2n) is 5.46. The summed E-state index contributed by atoms with van der Waals surface area (Å²) >= 11 is 0. The molecular weight excluding hydrogens is 302 g/mol. The molecule has 4 nitrogen and oxygen atoms in total. The Labute approximate surface area is 142 Å². The molecule has 2 rings (SSSR count). The van der Waals surface area contributed by atoms with E-state index >= 15 is 0 Å². The summed E-state index contributed by atoms with van der Waals surface area (Å²) in [5.41, 5.74) is 3.77. The fraction of sp³-hybridized carbons (Fsp3) is 0.200. The highest BCUT2D eigenvalue weighted by molar-refractivity contribution is 5.98. The molecule has 24 heavy (non-hydrogen) atoms. The van der Waals surface area contributed by atoms with E-state index in [2.05, 4.69) is 11.7 Å². The molecule has 0 N–H and O–H groups in total. The molecule has 0 bridgehead atoms. The second-order valence-corrected chi connectivity index (χ2v) is 5.46. The Kier molecular flexibility index (Phi) is 5.90. The quantitative estimate of drug-likeness (QED) is 0.346. The van der Waals surface area contributed by atoms with Crippen LogP contribution in [0.25, 0.3) is 0 Å². The molecule has 0 aliphatic carbocycles. The van der Waals surface area contributed by atoms with Crippen LogP contribution in [0.15, 0.2) is 71.9 Å². The Morgan fingerprint density at radius 1 is 1.08 bits per heavy atom. The fourth-order valence-corrected chi connectivity index (χ4v) is 2.17. The van der Waals surface area contributed by atoms with Gasteiger partial charge in [0.05, 0.1) is 18.4 Å². The lowest BCUT2D eigenvalue weighted by Gasteiger charge is -2.17. The molecule has 0 spiro atoms. The molecule has 0 aromatic heterocycles. The molecule has 0 radical (unpaired) electrons. The largest absolute Gasteiger partial charge is 0.466 e. The van der Waals surface area contributed by atoms with Gasteiger partial charge in [0, 0.05) is 0 Å². The van der Waals surface area contributed by atoms with Crippen molar-refractivity contribution in [3.05, 3.63) is 83.4 Å². The van der Waals surface area contributed by atoms with Gasteiger partial charge in [0.15, 0.2) is 6.10 Å². The molecule has 0 aliphatic rings. The first-order chi connectivity index (χ1) is 11.5. The van der Waals surface area contributed by atoms with Gasteiger partial charge in [-0.05, 0) is 25.0 Å². The molecule has 0 saturated carbocycles. The molecule has 4 heteroatoms. The van der Waals surface area contributed by atoms with E-state index in [0.29, 0.717) is 5.71 Å². The Hall–Kier alpha value is -2.88. The van der Waals surface area contributed by atoms with Crippen LogP contribution in [0.5, 0.6) is 0 Å². The zero-order valence-corrected chi connectivity index (χ0v) is 14.2. The van der Waals surface area contributed by atoms with E-state index in [1.807, 2.05) is 68.4 Å². The SMILES string of the molecule is C=C(C(=O)OC)C(ON=C(C)c1ccccc1)c1ccc(C)cc1. The number of oxime groups is 1. The standard InChI is InChI=1S/C20H21NO3/c1-14-10-12-18(13-11-14)19(15(2)20(22)23-4)24-21-16(3)17-8-6-5-7-9-17/h5-13,19H,2H2,1,3-4H3. The van der Waals surface area contributed by atoms with Crippen LogP contribution in [0.3, 0.4) is 0 Å². The number of methoxy groups -OCH3 is 1. The van der Waals surface area contributed by atoms with Crippen molar-refractivity contribution in [2.75, 3.05) is 7.11 Å². The third-order valence-electron chi connectivity index (χ3n) is 3.63. The van der Waals surface area contributed by atoms with Crippen LogP contribution in [-0.2, 0) is 14.4 Å². The molecule has 1 unspecified atom stereocenters. The van der Waals surface area contributed by atoms with E-state index in [1.54, 1.807) is 0 Å². The van der Waals surface area contributed by atoms with E-state index in [1.165, 1.54) is 7.11 Å². The summed E-state index contributed by atoms with van der Waals surface area (Å²) in [6.07, 6.45) is -0.697.